The fourth-order valence-corrected chi connectivity index (χ4v) is 12.6. The Bertz CT molecular complexity index is 3000. The zero-order chi connectivity index (χ0) is 53.3. The number of benzene rings is 1. The van der Waals surface area contributed by atoms with Crippen molar-refractivity contribution in [1.29, 1.82) is 0 Å². The third-order valence-corrected chi connectivity index (χ3v) is 16.9. The third-order valence-electron chi connectivity index (χ3n) is 16.0. The maximum absolute atomic E-state index is 14.2. The van der Waals surface area contributed by atoms with Crippen molar-refractivity contribution < 1.29 is 38.5 Å². The monoisotopic (exact) mass is 1070 g/mol. The average Bonchev–Trinajstić information content (AvgIpc) is 4.22. The molecule has 1 aromatic carbocycles. The Kier molecular flexibility index (Phi) is 15.3. The van der Waals surface area contributed by atoms with E-state index < -0.39 is 18.1 Å². The average molecular weight is 1070 g/mol. The van der Waals surface area contributed by atoms with Crippen LogP contribution >= 0.6 is 11.3 Å². The first-order chi connectivity index (χ1) is 37.3. The van der Waals surface area contributed by atoms with Gasteiger partial charge in [-0.2, -0.15) is 0 Å². The maximum Gasteiger partial charge on any atom is 0.254 e. The molecule has 5 N–H and O–H groups in total. The number of rotatable bonds is 18. The van der Waals surface area contributed by atoms with Crippen LogP contribution in [0.3, 0.4) is 0 Å². The second-order valence-electron chi connectivity index (χ2n) is 21.6. The summed E-state index contributed by atoms with van der Waals surface area (Å²) in [6.07, 6.45) is 8.92. The van der Waals surface area contributed by atoms with Gasteiger partial charge in [0.2, 0.25) is 17.7 Å². The molecule has 2 unspecified atom stereocenters. The summed E-state index contributed by atoms with van der Waals surface area (Å²) in [7, 11) is 0. The molecule has 21 heteroatoms. The normalized spacial score (nSPS) is 23.5. The van der Waals surface area contributed by atoms with Crippen LogP contribution in [0.15, 0.2) is 83.1 Å². The van der Waals surface area contributed by atoms with Crippen molar-refractivity contribution in [3.63, 3.8) is 0 Å². The molecule has 1 saturated carbocycles. The summed E-state index contributed by atoms with van der Waals surface area (Å²) in [5, 5.41) is 36.9. The van der Waals surface area contributed by atoms with E-state index in [9.17, 15) is 19.8 Å². The number of piperidine rings is 1. The molecule has 0 radical (unpaired) electrons. The van der Waals surface area contributed by atoms with E-state index >= 15 is 0 Å². The summed E-state index contributed by atoms with van der Waals surface area (Å²) >= 11 is 1.53. The van der Waals surface area contributed by atoms with Gasteiger partial charge >= 0.3 is 0 Å². The van der Waals surface area contributed by atoms with E-state index in [0.717, 1.165) is 97.9 Å². The lowest BCUT2D eigenvalue weighted by Crippen LogP contribution is -2.54. The number of phenols is 1. The summed E-state index contributed by atoms with van der Waals surface area (Å²) in [6.45, 7) is 12.2. The number of nitrogen functional groups attached to an aromatic ring is 1. The van der Waals surface area contributed by atoms with Crippen molar-refractivity contribution in [2.24, 2.45) is 5.92 Å². The highest BCUT2D eigenvalue weighted by Crippen LogP contribution is 2.41. The predicted octanol–water partition coefficient (Wildman–Crippen LogP) is 6.55. The number of nitrogens with two attached hydrogens (primary N) is 1. The molecule has 5 aliphatic rings. The van der Waals surface area contributed by atoms with Gasteiger partial charge in [0.1, 0.15) is 30.4 Å². The molecule has 11 rings (SSSR count). The minimum atomic E-state index is -0.850. The number of thiazole rings is 1. The Labute approximate surface area is 451 Å². The molecule has 6 aromatic rings. The van der Waals surface area contributed by atoms with Crippen LogP contribution < -0.4 is 30.3 Å². The number of carbonyl (C=O) groups is 2. The van der Waals surface area contributed by atoms with Gasteiger partial charge in [-0.05, 0) is 86.5 Å². The number of phenolic OH excluding ortho intramolecular Hbond substituents is 1. The molecule has 4 saturated heterocycles. The fraction of sp³-hybridized carbons (Fsp3) is 0.500. The minimum Gasteiger partial charge on any atom is -0.507 e. The summed E-state index contributed by atoms with van der Waals surface area (Å²) in [5.41, 5.74) is 13.9. The van der Waals surface area contributed by atoms with Crippen molar-refractivity contribution in [3.05, 3.63) is 95.6 Å². The molecule has 9 heterocycles. The standard InChI is InChI=1S/C56H68N12O8S/c1-32(2)52(56(72)67-30-39(69)22-47(67)55(71)61-33(3)35-9-12-44(59-27-35)53-34(4)60-31-77-53)49-26-51(64-76-49)73-20-19-65-17-14-40(15-18-65)74-41-23-42(24-41)75-50-21-36(13-16-58-50)68-37-10-11-38(68)29-66(28-37)46-25-45(62-63-54(46)57)43-7-5-6-8-48(43)70/h5-9,12-13,16,21,25-27,31-33,37-42,47,52,69-70H,10-11,14-15,17-20,22-24,28-30H2,1-4H3,(H2,57,63)(H,61,71)/t33-,37?,38?,39+,41-,42-,47-,52-/m0/s1. The van der Waals surface area contributed by atoms with Gasteiger partial charge < -0.3 is 54.7 Å². The highest BCUT2D eigenvalue weighted by atomic mass is 32.1. The predicted molar refractivity (Wildman–Crippen MR) is 290 cm³/mol. The van der Waals surface area contributed by atoms with E-state index in [1.165, 1.54) is 16.2 Å². The number of aliphatic hydroxyl groups is 1. The number of hydrogen-bond acceptors (Lipinski definition) is 19. The second kappa shape index (κ2) is 22.6. The van der Waals surface area contributed by atoms with Crippen LogP contribution in [0, 0.1) is 12.8 Å². The molecule has 2 bridgehead atoms. The Morgan fingerprint density at radius 3 is 2.40 bits per heavy atom. The summed E-state index contributed by atoms with van der Waals surface area (Å²) in [5.74, 6) is 0.263. The number of nitrogens with one attached hydrogen (secondary N) is 1. The number of aromatic hydroxyl groups is 1. The van der Waals surface area contributed by atoms with Crippen molar-refractivity contribution in [2.75, 3.05) is 61.4 Å². The Hall–Kier alpha value is -6.94. The lowest BCUT2D eigenvalue weighted by Gasteiger charge is -2.43. The van der Waals surface area contributed by atoms with Crippen LogP contribution in [0.2, 0.25) is 0 Å². The minimum absolute atomic E-state index is 0.0405. The first kappa shape index (κ1) is 52.1. The first-order valence-electron chi connectivity index (χ1n) is 27.0. The number of fused-ring (bicyclic) bond motifs is 2. The van der Waals surface area contributed by atoms with E-state index in [4.69, 9.17) is 24.5 Å². The number of hydrogen-bond donors (Lipinski definition) is 4. The van der Waals surface area contributed by atoms with Crippen LogP contribution in [0.4, 0.5) is 17.2 Å². The molecular weight excluding hydrogens is 1000 g/mol. The number of piperazine rings is 1. The number of carbonyl (C=O) groups excluding carboxylic acids is 2. The van der Waals surface area contributed by atoms with Crippen LogP contribution in [0.1, 0.15) is 94.7 Å². The third kappa shape index (κ3) is 11.4. The van der Waals surface area contributed by atoms with Gasteiger partial charge in [0.15, 0.2) is 11.6 Å². The molecule has 0 spiro atoms. The number of aromatic nitrogens is 6. The number of aliphatic hydroxyl groups excluding tert-OH is 1. The zero-order valence-corrected chi connectivity index (χ0v) is 44.8. The SMILES string of the molecule is Cc1ncsc1-c1ccc([C@H](C)NC(=O)[C@@H]2C[C@@H](O)CN2C(=O)[C@H](c2cc(OCCN3CCC(O[C@H]4C[C@H](Oc5cc(N6C7CCC6CN(c6cc(-c8ccccc8O)nnc6N)C7)ccn5)C4)CC3)no2)C(C)C)cn1. The van der Waals surface area contributed by atoms with Gasteiger partial charge in [0, 0.05) is 106 Å². The Morgan fingerprint density at radius 1 is 0.883 bits per heavy atom. The van der Waals surface area contributed by atoms with E-state index in [0.29, 0.717) is 47.7 Å². The maximum atomic E-state index is 14.2. The first-order valence-corrected chi connectivity index (χ1v) is 27.9. The zero-order valence-electron chi connectivity index (χ0n) is 44.0. The molecular formula is C56H68N12O8S. The van der Waals surface area contributed by atoms with Crippen LogP contribution in [0.25, 0.3) is 21.8 Å². The summed E-state index contributed by atoms with van der Waals surface area (Å²) in [4.78, 5) is 51.1. The molecule has 5 fully saturated rings. The number of ether oxygens (including phenoxy) is 3. The molecule has 1 aliphatic carbocycles. The number of likely N-dealkylation sites (tertiary alicyclic amines) is 2. The van der Waals surface area contributed by atoms with Gasteiger partial charge in [-0.15, -0.1) is 21.5 Å². The topological polar surface area (TPSA) is 244 Å². The molecule has 4 aliphatic heterocycles. The van der Waals surface area contributed by atoms with Crippen molar-refractivity contribution in [1.82, 2.24) is 45.4 Å². The number of para-hydroxylation sites is 1. The van der Waals surface area contributed by atoms with Gasteiger partial charge in [0.25, 0.3) is 5.88 Å². The van der Waals surface area contributed by atoms with Crippen molar-refractivity contribution in [2.45, 2.75) is 127 Å². The summed E-state index contributed by atoms with van der Waals surface area (Å²) in [6, 6.07) is 18.1. The largest absolute Gasteiger partial charge is 0.507 e. The van der Waals surface area contributed by atoms with Gasteiger partial charge in [-0.3, -0.25) is 19.5 Å². The van der Waals surface area contributed by atoms with Crippen LogP contribution in [-0.2, 0) is 14.3 Å². The number of amides is 2. The number of β-amino-alcohol motifs (C(OH)–C–C–N with tert-alkyl or cyclic N) is 1. The lowest BCUT2D eigenvalue weighted by molar-refractivity contribution is -0.141. The second-order valence-corrected chi connectivity index (χ2v) is 22.4. The van der Waals surface area contributed by atoms with Crippen molar-refractivity contribution >= 4 is 40.3 Å². The van der Waals surface area contributed by atoms with E-state index in [1.807, 2.05) is 64.2 Å². The number of pyridine rings is 2. The van der Waals surface area contributed by atoms with Gasteiger partial charge in [-0.1, -0.05) is 32.0 Å². The van der Waals surface area contributed by atoms with Crippen LogP contribution in [0.5, 0.6) is 17.5 Å². The highest BCUT2D eigenvalue weighted by molar-refractivity contribution is 7.13. The van der Waals surface area contributed by atoms with E-state index in [1.54, 1.807) is 29.9 Å². The fourth-order valence-electron chi connectivity index (χ4n) is 11.8. The quantitative estimate of drug-likeness (QED) is 0.0713. The lowest BCUT2D eigenvalue weighted by atomic mass is 9.91. The van der Waals surface area contributed by atoms with Crippen LogP contribution in [-0.4, -0.2) is 151 Å². The highest BCUT2D eigenvalue weighted by Gasteiger charge is 2.45. The Balaban J connectivity index is 0.601. The van der Waals surface area contributed by atoms with Gasteiger partial charge in [-0.25, -0.2) is 9.97 Å². The number of aryl methyl sites for hydroxylation is 1. The smallest absolute Gasteiger partial charge is 0.254 e. The van der Waals surface area contributed by atoms with Gasteiger partial charge in [0.05, 0.1) is 57.5 Å². The Morgan fingerprint density at radius 2 is 1.68 bits per heavy atom. The number of anilines is 3. The molecule has 406 valence electrons. The molecule has 2 amide bonds. The number of nitrogens with zero attached hydrogens (tertiary/aromatic N) is 10. The molecule has 6 atom stereocenters. The molecule has 5 aromatic heterocycles. The summed E-state index contributed by atoms with van der Waals surface area (Å²) < 4.78 is 24.7. The van der Waals surface area contributed by atoms with E-state index in [-0.39, 0.29) is 72.9 Å². The van der Waals surface area contributed by atoms with Crippen molar-refractivity contribution in [3.8, 4) is 39.3 Å². The molecule has 20 nitrogen and oxygen atoms in total. The van der Waals surface area contributed by atoms with E-state index in [2.05, 4.69) is 62.5 Å². The molecule has 77 heavy (non-hydrogen) atoms.